The van der Waals surface area contributed by atoms with Gasteiger partial charge in [0.05, 0.1) is 11.7 Å². The molecule has 0 aromatic carbocycles. The Balaban J connectivity index is 1.59. The predicted octanol–water partition coefficient (Wildman–Crippen LogP) is 3.83. The first-order chi connectivity index (χ1) is 14.9. The van der Waals surface area contributed by atoms with Crippen LogP contribution in [0.2, 0.25) is 0 Å². The van der Waals surface area contributed by atoms with Crippen molar-refractivity contribution in [3.05, 3.63) is 11.6 Å². The first kappa shape index (κ1) is 24.2. The predicted molar refractivity (Wildman–Crippen MR) is 121 cm³/mol. The molecule has 0 bridgehead atoms. The van der Waals surface area contributed by atoms with Gasteiger partial charge in [-0.3, -0.25) is 0 Å². The molecule has 4 rings (SSSR count). The van der Waals surface area contributed by atoms with Crippen LogP contribution < -0.4 is 0 Å². The van der Waals surface area contributed by atoms with Crippen molar-refractivity contribution in [2.75, 3.05) is 0 Å². The van der Waals surface area contributed by atoms with E-state index in [4.69, 9.17) is 14.2 Å². The number of ether oxygens (including phenoxy) is 3. The van der Waals surface area contributed by atoms with E-state index >= 15 is 0 Å². The molecular weight excluding hydrogens is 408 g/mol. The summed E-state index contributed by atoms with van der Waals surface area (Å²) in [4.78, 5) is 12.5. The third-order valence-corrected chi connectivity index (χ3v) is 9.51. The van der Waals surface area contributed by atoms with E-state index in [1.807, 2.05) is 0 Å². The number of aliphatic hydroxyl groups excluding tert-OH is 2. The van der Waals surface area contributed by atoms with Crippen LogP contribution in [0.3, 0.4) is 0 Å². The van der Waals surface area contributed by atoms with E-state index in [2.05, 4.69) is 27.7 Å². The highest BCUT2D eigenvalue weighted by molar-refractivity contribution is 5.87. The van der Waals surface area contributed by atoms with E-state index in [0.29, 0.717) is 28.7 Å². The topological polar surface area (TPSA) is 85.2 Å². The van der Waals surface area contributed by atoms with Crippen molar-refractivity contribution in [2.24, 2.45) is 35.0 Å². The Morgan fingerprint density at radius 2 is 1.75 bits per heavy atom. The maximum Gasteiger partial charge on any atom is 0.333 e. The van der Waals surface area contributed by atoms with Gasteiger partial charge in [-0.05, 0) is 82.0 Å². The van der Waals surface area contributed by atoms with Gasteiger partial charge in [0, 0.05) is 5.57 Å². The maximum absolute atomic E-state index is 12.5. The fraction of sp³-hybridized carbons (Fsp3) is 0.885. The minimum Gasteiger partial charge on any atom is -0.451 e. The average Bonchev–Trinajstić information content (AvgIpc) is 3.11. The minimum absolute atomic E-state index is 0.404. The van der Waals surface area contributed by atoms with Crippen molar-refractivity contribution in [1.29, 1.82) is 0 Å². The van der Waals surface area contributed by atoms with Crippen LogP contribution in [0, 0.1) is 35.0 Å². The zero-order valence-electron chi connectivity index (χ0n) is 20.7. The van der Waals surface area contributed by atoms with E-state index in [-0.39, 0.29) is 0 Å². The van der Waals surface area contributed by atoms with Gasteiger partial charge in [-0.15, -0.1) is 0 Å². The number of rotatable bonds is 4. The SMILES string of the molecule is C/C=C(/C)C(=O)O[C@H]1[C@@H](O[C@]2(C)CC[C@@H]3[C@H]([C@H]4[C@@H](C)CC[C@@H]42)C3(C)C)O[C@@H](C)[C@@H](O)[C@@H]1O. The quantitative estimate of drug-likeness (QED) is 0.500. The number of allylic oxidation sites excluding steroid dienone is 1. The second-order valence-electron chi connectivity index (χ2n) is 11.7. The standard InChI is InChI=1S/C26H42O6/c1-8-13(2)23(29)31-22-21(28)20(27)15(4)30-24(22)32-26(7)12-11-17-19(25(17,5)6)18-14(3)9-10-16(18)26/h8,14-22,24,27-28H,9-12H2,1-7H3/b13-8-/t14-,15-,16-,17+,18-,19+,20+,21-,22+,24+,26+/m0/s1. The van der Waals surface area contributed by atoms with Crippen LogP contribution >= 0.6 is 0 Å². The van der Waals surface area contributed by atoms with E-state index in [0.717, 1.165) is 31.1 Å². The van der Waals surface area contributed by atoms with Gasteiger partial charge in [0.2, 0.25) is 0 Å². The van der Waals surface area contributed by atoms with Crippen LogP contribution in [-0.4, -0.2) is 52.5 Å². The fourth-order valence-corrected chi connectivity index (χ4v) is 7.24. The molecule has 1 aliphatic heterocycles. The molecule has 0 unspecified atom stereocenters. The first-order valence-corrected chi connectivity index (χ1v) is 12.5. The van der Waals surface area contributed by atoms with Crippen LogP contribution in [0.1, 0.15) is 74.1 Å². The van der Waals surface area contributed by atoms with Crippen LogP contribution in [0.15, 0.2) is 11.6 Å². The fourth-order valence-electron chi connectivity index (χ4n) is 7.24. The number of esters is 1. The summed E-state index contributed by atoms with van der Waals surface area (Å²) < 4.78 is 18.4. The van der Waals surface area contributed by atoms with Crippen LogP contribution in [0.4, 0.5) is 0 Å². The Labute approximate surface area is 192 Å². The minimum atomic E-state index is -1.27. The van der Waals surface area contributed by atoms with Crippen molar-refractivity contribution in [3.8, 4) is 0 Å². The van der Waals surface area contributed by atoms with Crippen molar-refractivity contribution in [1.82, 2.24) is 0 Å². The number of carbonyl (C=O) groups is 1. The largest absolute Gasteiger partial charge is 0.451 e. The Bertz CT molecular complexity index is 761. The van der Waals surface area contributed by atoms with Crippen molar-refractivity contribution < 1.29 is 29.2 Å². The Morgan fingerprint density at radius 1 is 1.06 bits per heavy atom. The Kier molecular flexibility index (Phi) is 6.32. The van der Waals surface area contributed by atoms with Crippen molar-refractivity contribution in [2.45, 2.75) is 110 Å². The highest BCUT2D eigenvalue weighted by Gasteiger charge is 2.67. The van der Waals surface area contributed by atoms with E-state index in [9.17, 15) is 15.0 Å². The lowest BCUT2D eigenvalue weighted by molar-refractivity contribution is -0.328. The zero-order valence-corrected chi connectivity index (χ0v) is 20.7. The molecule has 0 aromatic heterocycles. The highest BCUT2D eigenvalue weighted by Crippen LogP contribution is 2.71. The van der Waals surface area contributed by atoms with Gasteiger partial charge in [-0.2, -0.15) is 0 Å². The molecule has 182 valence electrons. The molecule has 32 heavy (non-hydrogen) atoms. The molecular formula is C26H42O6. The maximum atomic E-state index is 12.5. The van der Waals surface area contributed by atoms with Gasteiger partial charge < -0.3 is 24.4 Å². The lowest BCUT2D eigenvalue weighted by Crippen LogP contribution is -2.61. The molecule has 0 aromatic rings. The molecule has 1 heterocycles. The normalized spacial score (nSPS) is 50.2. The molecule has 3 aliphatic carbocycles. The summed E-state index contributed by atoms with van der Waals surface area (Å²) >= 11 is 0. The average molecular weight is 451 g/mol. The van der Waals surface area contributed by atoms with E-state index < -0.39 is 42.3 Å². The third-order valence-electron chi connectivity index (χ3n) is 9.51. The van der Waals surface area contributed by atoms with Crippen molar-refractivity contribution >= 4 is 5.97 Å². The summed E-state index contributed by atoms with van der Waals surface area (Å²) in [7, 11) is 0. The molecule has 6 nitrogen and oxygen atoms in total. The van der Waals surface area contributed by atoms with Crippen LogP contribution in [0.25, 0.3) is 0 Å². The molecule has 0 amide bonds. The summed E-state index contributed by atoms with van der Waals surface area (Å²) in [5, 5.41) is 21.2. The number of fused-ring (bicyclic) bond motifs is 3. The summed E-state index contributed by atoms with van der Waals surface area (Å²) in [5.41, 5.74) is 0.420. The van der Waals surface area contributed by atoms with Crippen LogP contribution in [-0.2, 0) is 19.0 Å². The molecule has 4 fully saturated rings. The molecule has 6 heteroatoms. The highest BCUT2D eigenvalue weighted by atomic mass is 16.7. The number of carbonyl (C=O) groups excluding carboxylic acids is 1. The molecule has 0 spiro atoms. The first-order valence-electron chi connectivity index (χ1n) is 12.5. The Hall–Kier alpha value is -0.950. The van der Waals surface area contributed by atoms with Crippen molar-refractivity contribution in [3.63, 3.8) is 0 Å². The molecule has 1 saturated heterocycles. The summed E-state index contributed by atoms with van der Waals surface area (Å²) in [6.45, 7) is 14.5. The molecule has 3 saturated carbocycles. The monoisotopic (exact) mass is 450 g/mol. The number of hydrogen-bond donors (Lipinski definition) is 2. The van der Waals surface area contributed by atoms with Gasteiger partial charge in [0.1, 0.15) is 12.2 Å². The molecule has 2 N–H and O–H groups in total. The second kappa shape index (κ2) is 8.37. The molecule has 4 aliphatic rings. The number of aliphatic hydroxyl groups is 2. The molecule has 0 radical (unpaired) electrons. The van der Waals surface area contributed by atoms with Gasteiger partial charge >= 0.3 is 5.97 Å². The summed E-state index contributed by atoms with van der Waals surface area (Å²) in [5.74, 6) is 2.62. The number of hydrogen-bond acceptors (Lipinski definition) is 6. The van der Waals surface area contributed by atoms with Gasteiger partial charge in [-0.25, -0.2) is 4.79 Å². The smallest absolute Gasteiger partial charge is 0.333 e. The zero-order chi connectivity index (χ0) is 23.6. The van der Waals surface area contributed by atoms with E-state index in [1.54, 1.807) is 26.8 Å². The van der Waals surface area contributed by atoms with Gasteiger partial charge in [-0.1, -0.05) is 33.3 Å². The summed E-state index contributed by atoms with van der Waals surface area (Å²) in [6.07, 6.45) is 1.01. The Morgan fingerprint density at radius 3 is 2.41 bits per heavy atom. The summed E-state index contributed by atoms with van der Waals surface area (Å²) in [6, 6.07) is 0. The molecule has 11 atom stereocenters. The lowest BCUT2D eigenvalue weighted by atomic mass is 9.74. The van der Waals surface area contributed by atoms with Crippen LogP contribution in [0.5, 0.6) is 0 Å². The van der Waals surface area contributed by atoms with Gasteiger partial charge in [0.15, 0.2) is 12.4 Å². The third kappa shape index (κ3) is 3.85. The lowest BCUT2D eigenvalue weighted by Gasteiger charge is -2.47. The second-order valence-corrected chi connectivity index (χ2v) is 11.7. The van der Waals surface area contributed by atoms with E-state index in [1.165, 1.54) is 6.42 Å². The van der Waals surface area contributed by atoms with Gasteiger partial charge in [0.25, 0.3) is 0 Å².